The maximum Gasteiger partial charge on any atom is 1.00 e. The van der Waals surface area contributed by atoms with Gasteiger partial charge in [0.1, 0.15) is 0 Å². The van der Waals surface area contributed by atoms with E-state index in [9.17, 15) is 5.11 Å². The summed E-state index contributed by atoms with van der Waals surface area (Å²) in [5, 5.41) is 10.8. The molecule has 1 aromatic carbocycles. The van der Waals surface area contributed by atoms with E-state index in [1.165, 1.54) is 0 Å². The largest absolute Gasteiger partial charge is 1.00 e. The summed E-state index contributed by atoms with van der Waals surface area (Å²) in [6.45, 7) is 4.16. The summed E-state index contributed by atoms with van der Waals surface area (Å²) in [6.07, 6.45) is 0. The summed E-state index contributed by atoms with van der Waals surface area (Å²) in [6, 6.07) is 7.04. The average Bonchev–Trinajstić information content (AvgIpc) is 1.88. The molecule has 0 aliphatic heterocycles. The zero-order valence-corrected chi connectivity index (χ0v) is 9.29. The van der Waals surface area contributed by atoms with Crippen molar-refractivity contribution in [2.24, 2.45) is 0 Å². The first kappa shape index (κ1) is 11.0. The predicted octanol–water partition coefficient (Wildman–Crippen LogP) is -1.11. The minimum Gasteiger partial charge on any atom is -0.872 e. The van der Waals surface area contributed by atoms with Crippen LogP contribution in [0, 0.1) is 0 Å². The molecule has 0 spiro atoms. The van der Waals surface area contributed by atoms with Gasteiger partial charge >= 0.3 is 29.6 Å². The fourth-order valence-electron chi connectivity index (χ4n) is 0.874. The van der Waals surface area contributed by atoms with Crippen molar-refractivity contribution in [3.63, 3.8) is 0 Å². The van der Waals surface area contributed by atoms with Gasteiger partial charge in [0.15, 0.2) is 0 Å². The van der Waals surface area contributed by atoms with E-state index in [4.69, 9.17) is 0 Å². The summed E-state index contributed by atoms with van der Waals surface area (Å²) >= 11 is 0. The Bertz CT molecular complexity index is 221. The summed E-state index contributed by atoms with van der Waals surface area (Å²) in [7, 11) is 0. The van der Waals surface area contributed by atoms with E-state index in [1.54, 1.807) is 18.2 Å². The molecule has 54 valence electrons. The van der Waals surface area contributed by atoms with Crippen LogP contribution in [0.25, 0.3) is 0 Å². The first-order chi connectivity index (χ1) is 4.70. The van der Waals surface area contributed by atoms with Crippen molar-refractivity contribution < 1.29 is 34.7 Å². The summed E-state index contributed by atoms with van der Waals surface area (Å²) in [5.41, 5.74) is 1.12. The first-order valence-electron chi connectivity index (χ1n) is 3.47. The molecule has 1 nitrogen and oxygen atoms in total. The molecule has 0 fully saturated rings. The monoisotopic (exact) mass is 158 g/mol. The Kier molecular flexibility index (Phi) is 4.82. The van der Waals surface area contributed by atoms with Crippen LogP contribution in [0.1, 0.15) is 25.3 Å². The normalized spacial score (nSPS) is 9.36. The quantitative estimate of drug-likeness (QED) is 0.475. The Morgan fingerprint density at radius 2 is 1.91 bits per heavy atom. The molecular formula is C9H11NaO. The molecular weight excluding hydrogens is 147 g/mol. The molecule has 0 radical (unpaired) electrons. The van der Waals surface area contributed by atoms with E-state index in [0.29, 0.717) is 5.92 Å². The van der Waals surface area contributed by atoms with Crippen molar-refractivity contribution in [3.05, 3.63) is 29.8 Å². The van der Waals surface area contributed by atoms with Crippen LogP contribution in [-0.2, 0) is 0 Å². The molecule has 0 amide bonds. The third-order valence-electron chi connectivity index (χ3n) is 1.52. The fraction of sp³-hybridized carbons (Fsp3) is 0.333. The van der Waals surface area contributed by atoms with Crippen molar-refractivity contribution in [2.45, 2.75) is 19.8 Å². The number of rotatable bonds is 1. The summed E-state index contributed by atoms with van der Waals surface area (Å²) in [5.74, 6) is 0.556. The molecule has 2 heteroatoms. The minimum atomic E-state index is 0. The Labute approximate surface area is 89.7 Å². The standard InChI is InChI=1S/C9H12O.Na/c1-7(2)8-4-3-5-9(10)6-8;/h3-7,10H,1-2H3;/q;+1/p-1. The average molecular weight is 158 g/mol. The van der Waals surface area contributed by atoms with Crippen LogP contribution in [-0.4, -0.2) is 0 Å². The van der Waals surface area contributed by atoms with Crippen LogP contribution in [0.2, 0.25) is 0 Å². The molecule has 0 atom stereocenters. The van der Waals surface area contributed by atoms with Crippen molar-refractivity contribution in [1.82, 2.24) is 0 Å². The molecule has 0 heterocycles. The van der Waals surface area contributed by atoms with Gasteiger partial charge < -0.3 is 5.11 Å². The van der Waals surface area contributed by atoms with Gasteiger partial charge in [-0.3, -0.25) is 0 Å². The SMILES string of the molecule is CC(C)c1cccc([O-])c1.[Na+]. The molecule has 0 aliphatic carbocycles. The first-order valence-corrected chi connectivity index (χ1v) is 3.47. The molecule has 0 N–H and O–H groups in total. The molecule has 0 unspecified atom stereocenters. The minimum absolute atomic E-state index is 0. The second-order valence-electron chi connectivity index (χ2n) is 2.73. The maximum atomic E-state index is 10.8. The zero-order valence-electron chi connectivity index (χ0n) is 7.29. The van der Waals surface area contributed by atoms with Gasteiger partial charge in [-0.1, -0.05) is 38.1 Å². The van der Waals surface area contributed by atoms with Gasteiger partial charge in [-0.05, 0) is 11.5 Å². The topological polar surface area (TPSA) is 23.1 Å². The van der Waals surface area contributed by atoms with Crippen LogP contribution in [0.15, 0.2) is 24.3 Å². The third-order valence-corrected chi connectivity index (χ3v) is 1.52. The van der Waals surface area contributed by atoms with E-state index in [-0.39, 0.29) is 35.3 Å². The van der Waals surface area contributed by atoms with Crippen molar-refractivity contribution in [1.29, 1.82) is 0 Å². The van der Waals surface area contributed by atoms with E-state index >= 15 is 0 Å². The Morgan fingerprint density at radius 3 is 2.27 bits per heavy atom. The Balaban J connectivity index is 0.000001000. The van der Waals surface area contributed by atoms with Crippen LogP contribution >= 0.6 is 0 Å². The van der Waals surface area contributed by atoms with Gasteiger partial charge in [-0.15, -0.1) is 5.75 Å². The second-order valence-corrected chi connectivity index (χ2v) is 2.73. The second kappa shape index (κ2) is 4.81. The van der Waals surface area contributed by atoms with Gasteiger partial charge in [0, 0.05) is 0 Å². The molecule has 0 aliphatic rings. The van der Waals surface area contributed by atoms with Crippen molar-refractivity contribution >= 4 is 0 Å². The molecule has 0 saturated carbocycles. The smallest absolute Gasteiger partial charge is 0.872 e. The van der Waals surface area contributed by atoms with E-state index in [1.807, 2.05) is 6.07 Å². The van der Waals surface area contributed by atoms with E-state index in [0.717, 1.165) is 5.56 Å². The Hall–Kier alpha value is 0.0200. The van der Waals surface area contributed by atoms with Crippen LogP contribution in [0.4, 0.5) is 0 Å². The van der Waals surface area contributed by atoms with Crippen molar-refractivity contribution in [2.75, 3.05) is 0 Å². The van der Waals surface area contributed by atoms with Gasteiger partial charge in [-0.25, -0.2) is 0 Å². The fourth-order valence-corrected chi connectivity index (χ4v) is 0.874. The zero-order chi connectivity index (χ0) is 7.56. The number of hydrogen-bond acceptors (Lipinski definition) is 1. The molecule has 0 saturated heterocycles. The van der Waals surface area contributed by atoms with E-state index < -0.39 is 0 Å². The van der Waals surface area contributed by atoms with Gasteiger partial charge in [0.05, 0.1) is 0 Å². The van der Waals surface area contributed by atoms with Crippen LogP contribution in [0.5, 0.6) is 5.75 Å². The van der Waals surface area contributed by atoms with E-state index in [2.05, 4.69) is 13.8 Å². The number of benzene rings is 1. The third kappa shape index (κ3) is 3.28. The molecule has 1 aromatic rings. The van der Waals surface area contributed by atoms with Gasteiger partial charge in [0.2, 0.25) is 0 Å². The van der Waals surface area contributed by atoms with Gasteiger partial charge in [-0.2, -0.15) is 0 Å². The molecule has 1 rings (SSSR count). The van der Waals surface area contributed by atoms with Crippen molar-refractivity contribution in [3.8, 4) is 5.75 Å². The summed E-state index contributed by atoms with van der Waals surface area (Å²) in [4.78, 5) is 0. The van der Waals surface area contributed by atoms with Crippen LogP contribution < -0.4 is 34.7 Å². The summed E-state index contributed by atoms with van der Waals surface area (Å²) < 4.78 is 0. The maximum absolute atomic E-state index is 10.8. The van der Waals surface area contributed by atoms with Gasteiger partial charge in [0.25, 0.3) is 0 Å². The number of hydrogen-bond donors (Lipinski definition) is 0. The molecule has 0 aromatic heterocycles. The predicted molar refractivity (Wildman–Crippen MR) is 40.0 cm³/mol. The molecule has 0 bridgehead atoms. The van der Waals surface area contributed by atoms with Crippen LogP contribution in [0.3, 0.4) is 0 Å². The molecule has 11 heavy (non-hydrogen) atoms. The Morgan fingerprint density at radius 1 is 1.27 bits per heavy atom.